The van der Waals surface area contributed by atoms with Gasteiger partial charge in [0.15, 0.2) is 0 Å². The number of methoxy groups -OCH3 is 1. The van der Waals surface area contributed by atoms with Crippen LogP contribution in [0.5, 0.6) is 5.75 Å². The summed E-state index contributed by atoms with van der Waals surface area (Å²) in [4.78, 5) is 12.1. The molecule has 0 atom stereocenters. The number of carbonyl (C=O) groups excluding carboxylic acids is 1. The number of carbonyl (C=O) groups is 1. The van der Waals surface area contributed by atoms with Crippen LogP contribution in [0.2, 0.25) is 0 Å². The molecule has 1 amide bonds. The minimum atomic E-state index is -3.38. The fraction of sp³-hybridized carbons (Fsp3) is 0.588. The van der Waals surface area contributed by atoms with E-state index in [1.807, 2.05) is 0 Å². The van der Waals surface area contributed by atoms with Crippen molar-refractivity contribution in [2.24, 2.45) is 5.92 Å². The third kappa shape index (κ3) is 7.01. The average Bonchev–Trinajstić information content (AvgIpc) is 2.62. The van der Waals surface area contributed by atoms with Crippen molar-refractivity contribution in [3.05, 3.63) is 18.2 Å². The number of piperidine rings is 1. The summed E-state index contributed by atoms with van der Waals surface area (Å²) in [6.07, 6.45) is 3.61. The Morgan fingerprint density at radius 3 is 2.62 bits per heavy atom. The van der Waals surface area contributed by atoms with Gasteiger partial charge in [0.05, 0.1) is 18.6 Å². The summed E-state index contributed by atoms with van der Waals surface area (Å²) in [5.41, 5.74) is 0.948. The Hall–Kier alpha value is -1.51. The van der Waals surface area contributed by atoms with E-state index >= 15 is 0 Å². The lowest BCUT2D eigenvalue weighted by Crippen LogP contribution is -2.28. The Bertz CT molecular complexity index is 691. The smallest absolute Gasteiger partial charge is 0.232 e. The molecule has 1 heterocycles. The van der Waals surface area contributed by atoms with Crippen LogP contribution in [0.1, 0.15) is 32.6 Å². The van der Waals surface area contributed by atoms with Gasteiger partial charge in [-0.2, -0.15) is 0 Å². The summed E-state index contributed by atoms with van der Waals surface area (Å²) in [7, 11) is -1.92. The van der Waals surface area contributed by atoms with Gasteiger partial charge in [-0.25, -0.2) is 8.42 Å². The highest BCUT2D eigenvalue weighted by molar-refractivity contribution is 7.92. The molecule has 26 heavy (non-hydrogen) atoms. The topological polar surface area (TPSA) is 96.5 Å². The Kier molecular flexibility index (Phi) is 9.18. The van der Waals surface area contributed by atoms with Gasteiger partial charge in [-0.1, -0.05) is 0 Å². The number of rotatable bonds is 8. The highest BCUT2D eigenvalue weighted by Gasteiger charge is 2.15. The SMILES string of the molecule is CCS(=O)(=O)Nc1ccc(NC(=O)CCC2CCNCC2)cc1OC.Cl. The number of benzene rings is 1. The molecule has 1 aliphatic heterocycles. The maximum atomic E-state index is 12.1. The zero-order valence-corrected chi connectivity index (χ0v) is 16.8. The van der Waals surface area contributed by atoms with Crippen molar-refractivity contribution in [2.45, 2.75) is 32.6 Å². The van der Waals surface area contributed by atoms with E-state index in [0.29, 0.717) is 29.5 Å². The van der Waals surface area contributed by atoms with Gasteiger partial charge < -0.3 is 15.4 Å². The number of halogens is 1. The second-order valence-electron chi connectivity index (χ2n) is 6.20. The van der Waals surface area contributed by atoms with E-state index in [1.54, 1.807) is 25.1 Å². The normalized spacial score (nSPS) is 15.0. The van der Waals surface area contributed by atoms with Crippen LogP contribution in [-0.2, 0) is 14.8 Å². The van der Waals surface area contributed by atoms with Gasteiger partial charge in [0.2, 0.25) is 15.9 Å². The molecule has 1 aromatic carbocycles. The molecule has 0 unspecified atom stereocenters. The van der Waals surface area contributed by atoms with Crippen molar-refractivity contribution >= 4 is 39.7 Å². The van der Waals surface area contributed by atoms with Crippen LogP contribution in [-0.4, -0.2) is 40.3 Å². The second kappa shape index (κ2) is 10.6. The molecule has 0 aliphatic carbocycles. The summed E-state index contributed by atoms with van der Waals surface area (Å²) in [6, 6.07) is 4.88. The largest absolute Gasteiger partial charge is 0.494 e. The third-order valence-electron chi connectivity index (χ3n) is 4.37. The van der Waals surface area contributed by atoms with Crippen LogP contribution in [0, 0.1) is 5.92 Å². The fourth-order valence-electron chi connectivity index (χ4n) is 2.82. The van der Waals surface area contributed by atoms with Gasteiger partial charge in [-0.15, -0.1) is 12.4 Å². The molecule has 148 valence electrons. The summed E-state index contributed by atoms with van der Waals surface area (Å²) in [5, 5.41) is 6.17. The van der Waals surface area contributed by atoms with E-state index in [4.69, 9.17) is 4.74 Å². The minimum Gasteiger partial charge on any atom is -0.494 e. The maximum absolute atomic E-state index is 12.1. The Morgan fingerprint density at radius 1 is 1.31 bits per heavy atom. The Balaban J connectivity index is 0.00000338. The molecule has 0 radical (unpaired) electrons. The number of sulfonamides is 1. The molecular formula is C17H28ClN3O4S. The first-order valence-corrected chi connectivity index (χ1v) is 10.3. The molecule has 0 spiro atoms. The molecule has 0 bridgehead atoms. The molecule has 1 saturated heterocycles. The standard InChI is InChI=1S/C17H27N3O4S.ClH/c1-3-25(22,23)20-15-6-5-14(12-16(15)24-2)19-17(21)7-4-13-8-10-18-11-9-13;/h5-6,12-13,18,20H,3-4,7-11H2,1-2H3,(H,19,21);1H. The van der Waals surface area contributed by atoms with Gasteiger partial charge in [0.25, 0.3) is 0 Å². The van der Waals surface area contributed by atoms with Gasteiger partial charge in [-0.05, 0) is 57.3 Å². The quantitative estimate of drug-likeness (QED) is 0.617. The van der Waals surface area contributed by atoms with Gasteiger partial charge >= 0.3 is 0 Å². The van der Waals surface area contributed by atoms with E-state index in [9.17, 15) is 13.2 Å². The predicted octanol–water partition coefficient (Wildman–Crippen LogP) is 2.60. The first-order valence-electron chi connectivity index (χ1n) is 8.62. The Morgan fingerprint density at radius 2 is 2.00 bits per heavy atom. The average molecular weight is 406 g/mol. The van der Waals surface area contributed by atoms with Crippen molar-refractivity contribution in [1.29, 1.82) is 0 Å². The van der Waals surface area contributed by atoms with Crippen molar-refractivity contribution in [3.8, 4) is 5.75 Å². The van der Waals surface area contributed by atoms with Crippen LogP contribution < -0.4 is 20.1 Å². The number of amides is 1. The lowest BCUT2D eigenvalue weighted by atomic mass is 9.93. The third-order valence-corrected chi connectivity index (χ3v) is 5.66. The van der Waals surface area contributed by atoms with Crippen molar-refractivity contribution in [2.75, 3.05) is 36.0 Å². The zero-order chi connectivity index (χ0) is 18.3. The first kappa shape index (κ1) is 22.5. The van der Waals surface area contributed by atoms with Crippen LogP contribution in [0.4, 0.5) is 11.4 Å². The van der Waals surface area contributed by atoms with Gasteiger partial charge in [0.1, 0.15) is 5.75 Å². The number of ether oxygens (including phenoxy) is 1. The number of hydrogen-bond acceptors (Lipinski definition) is 5. The molecule has 1 aliphatic rings. The van der Waals surface area contributed by atoms with E-state index in [-0.39, 0.29) is 24.1 Å². The van der Waals surface area contributed by atoms with Gasteiger partial charge in [-0.3, -0.25) is 9.52 Å². The lowest BCUT2D eigenvalue weighted by Gasteiger charge is -2.22. The molecular weight excluding hydrogens is 378 g/mol. The Labute approximate surface area is 161 Å². The lowest BCUT2D eigenvalue weighted by molar-refractivity contribution is -0.116. The van der Waals surface area contributed by atoms with E-state index < -0.39 is 10.0 Å². The number of nitrogens with one attached hydrogen (secondary N) is 3. The molecule has 0 aromatic heterocycles. The molecule has 0 saturated carbocycles. The summed E-state index contributed by atoms with van der Waals surface area (Å²) in [6.45, 7) is 3.61. The molecule has 9 heteroatoms. The van der Waals surface area contributed by atoms with Crippen LogP contribution in [0.15, 0.2) is 18.2 Å². The number of hydrogen-bond donors (Lipinski definition) is 3. The second-order valence-corrected chi connectivity index (χ2v) is 8.21. The molecule has 1 aromatic rings. The minimum absolute atomic E-state index is 0. The van der Waals surface area contributed by atoms with Crippen LogP contribution >= 0.6 is 12.4 Å². The summed E-state index contributed by atoms with van der Waals surface area (Å²) < 4.78 is 31.1. The predicted molar refractivity (Wildman–Crippen MR) is 107 cm³/mol. The van der Waals surface area contributed by atoms with Crippen LogP contribution in [0.25, 0.3) is 0 Å². The maximum Gasteiger partial charge on any atom is 0.232 e. The van der Waals surface area contributed by atoms with Gasteiger partial charge in [0, 0.05) is 18.2 Å². The van der Waals surface area contributed by atoms with Crippen LogP contribution in [0.3, 0.4) is 0 Å². The molecule has 1 fully saturated rings. The number of anilines is 2. The van der Waals surface area contributed by atoms with E-state index in [1.165, 1.54) is 7.11 Å². The first-order chi connectivity index (χ1) is 11.9. The van der Waals surface area contributed by atoms with Crippen molar-refractivity contribution in [1.82, 2.24) is 5.32 Å². The van der Waals surface area contributed by atoms with Crippen molar-refractivity contribution in [3.63, 3.8) is 0 Å². The van der Waals surface area contributed by atoms with E-state index in [2.05, 4.69) is 15.4 Å². The monoisotopic (exact) mass is 405 g/mol. The van der Waals surface area contributed by atoms with E-state index in [0.717, 1.165) is 32.4 Å². The molecule has 3 N–H and O–H groups in total. The highest BCUT2D eigenvalue weighted by atomic mass is 35.5. The highest BCUT2D eigenvalue weighted by Crippen LogP contribution is 2.29. The summed E-state index contributed by atoms with van der Waals surface area (Å²) >= 11 is 0. The van der Waals surface area contributed by atoms with Crippen molar-refractivity contribution < 1.29 is 17.9 Å². The molecule has 2 rings (SSSR count). The summed E-state index contributed by atoms with van der Waals surface area (Å²) in [5.74, 6) is 0.911. The fourth-order valence-corrected chi connectivity index (χ4v) is 3.47. The zero-order valence-electron chi connectivity index (χ0n) is 15.2. The molecule has 7 nitrogen and oxygen atoms in total.